The van der Waals surface area contributed by atoms with E-state index < -0.39 is 0 Å². The minimum absolute atomic E-state index is 0.505. The number of rotatable bonds is 5. The predicted octanol–water partition coefficient (Wildman–Crippen LogP) is 4.35. The smallest absolute Gasteiger partial charge is 0.232 e. The highest BCUT2D eigenvalue weighted by atomic mass is 32.1. The Bertz CT molecular complexity index is 1010. The minimum atomic E-state index is 0.505. The van der Waals surface area contributed by atoms with E-state index >= 15 is 0 Å². The standard InChI is InChI=1S/C26H36N6O2S/c1-19-7-6-12-32(18-19)24-16-23(31-10-4-2-3-5-11-31)28-25(29-24)30-26(35)27-17-20-8-9-21-22(15-20)34-14-13-33-21/h8-9,15-16,19H,2-7,10-14,17-18H2,1H3,(H2,27,28,29,30,35)/t19-/m0/s1. The van der Waals surface area contributed by atoms with Crippen LogP contribution in [0.3, 0.4) is 0 Å². The van der Waals surface area contributed by atoms with Crippen LogP contribution < -0.4 is 29.9 Å². The topological polar surface area (TPSA) is 74.8 Å². The van der Waals surface area contributed by atoms with Crippen molar-refractivity contribution in [2.45, 2.75) is 52.0 Å². The third-order valence-corrected chi connectivity index (χ3v) is 7.14. The van der Waals surface area contributed by atoms with Crippen LogP contribution in [0.1, 0.15) is 51.0 Å². The zero-order valence-corrected chi connectivity index (χ0v) is 21.4. The van der Waals surface area contributed by atoms with Gasteiger partial charge in [0, 0.05) is 38.8 Å². The molecule has 2 N–H and O–H groups in total. The molecule has 0 unspecified atom stereocenters. The summed E-state index contributed by atoms with van der Waals surface area (Å²) in [5.74, 6) is 4.78. The summed E-state index contributed by atoms with van der Waals surface area (Å²) in [5, 5.41) is 7.04. The summed E-state index contributed by atoms with van der Waals surface area (Å²) in [6, 6.07) is 8.13. The van der Waals surface area contributed by atoms with Crippen molar-refractivity contribution in [3.8, 4) is 11.5 Å². The van der Waals surface area contributed by atoms with E-state index in [4.69, 9.17) is 31.7 Å². The van der Waals surface area contributed by atoms with Gasteiger partial charge in [-0.05, 0) is 61.5 Å². The van der Waals surface area contributed by atoms with Gasteiger partial charge in [-0.25, -0.2) is 0 Å². The molecule has 2 saturated heterocycles. The molecule has 0 bridgehead atoms. The van der Waals surface area contributed by atoms with Crippen molar-refractivity contribution in [2.24, 2.45) is 5.92 Å². The number of anilines is 3. The minimum Gasteiger partial charge on any atom is -0.486 e. The molecule has 0 aliphatic carbocycles. The summed E-state index contributed by atoms with van der Waals surface area (Å²) < 4.78 is 11.3. The highest BCUT2D eigenvalue weighted by molar-refractivity contribution is 7.80. The highest BCUT2D eigenvalue weighted by Gasteiger charge is 2.21. The van der Waals surface area contributed by atoms with Gasteiger partial charge in [0.15, 0.2) is 16.6 Å². The maximum Gasteiger partial charge on any atom is 0.232 e. The van der Waals surface area contributed by atoms with Crippen LogP contribution in [0.2, 0.25) is 0 Å². The van der Waals surface area contributed by atoms with Gasteiger partial charge >= 0.3 is 0 Å². The molecule has 4 heterocycles. The van der Waals surface area contributed by atoms with E-state index in [2.05, 4.69) is 33.4 Å². The fraction of sp³-hybridized carbons (Fsp3) is 0.577. The van der Waals surface area contributed by atoms with Gasteiger partial charge < -0.3 is 29.9 Å². The first kappa shape index (κ1) is 23.9. The number of nitrogens with zero attached hydrogens (tertiary/aromatic N) is 4. The van der Waals surface area contributed by atoms with E-state index in [1.54, 1.807) is 0 Å². The monoisotopic (exact) mass is 496 g/mol. The van der Waals surface area contributed by atoms with Gasteiger partial charge in [0.2, 0.25) is 5.95 Å². The maximum absolute atomic E-state index is 5.69. The van der Waals surface area contributed by atoms with E-state index in [9.17, 15) is 0 Å². The first-order valence-corrected chi connectivity index (χ1v) is 13.4. The maximum atomic E-state index is 5.69. The van der Waals surface area contributed by atoms with Gasteiger partial charge in [-0.2, -0.15) is 9.97 Å². The van der Waals surface area contributed by atoms with Gasteiger partial charge in [0.25, 0.3) is 0 Å². The summed E-state index contributed by atoms with van der Waals surface area (Å²) in [6.07, 6.45) is 7.47. The number of benzene rings is 1. The number of hydrogen-bond acceptors (Lipinski definition) is 7. The second-order valence-corrected chi connectivity index (χ2v) is 10.2. The zero-order valence-electron chi connectivity index (χ0n) is 20.6. The molecule has 9 heteroatoms. The van der Waals surface area contributed by atoms with E-state index in [1.807, 2.05) is 18.2 Å². The molecular weight excluding hydrogens is 460 g/mol. The van der Waals surface area contributed by atoms with Crippen LogP contribution in [-0.2, 0) is 6.54 Å². The number of nitrogens with one attached hydrogen (secondary N) is 2. The van der Waals surface area contributed by atoms with Gasteiger partial charge in [-0.15, -0.1) is 0 Å². The summed E-state index contributed by atoms with van der Waals surface area (Å²) in [5.41, 5.74) is 1.07. The van der Waals surface area contributed by atoms with E-state index in [0.717, 1.165) is 54.9 Å². The fourth-order valence-electron chi connectivity index (χ4n) is 5.02. The van der Waals surface area contributed by atoms with Crippen molar-refractivity contribution >= 4 is 34.9 Å². The number of ether oxygens (including phenoxy) is 2. The summed E-state index contributed by atoms with van der Waals surface area (Å²) in [6.45, 7) is 8.21. The second kappa shape index (κ2) is 11.3. The number of fused-ring (bicyclic) bond motifs is 1. The highest BCUT2D eigenvalue weighted by Crippen LogP contribution is 2.31. The lowest BCUT2D eigenvalue weighted by Gasteiger charge is -2.33. The summed E-state index contributed by atoms with van der Waals surface area (Å²) in [4.78, 5) is 14.6. The van der Waals surface area contributed by atoms with Crippen molar-refractivity contribution in [3.63, 3.8) is 0 Å². The Morgan fingerprint density at radius 3 is 2.43 bits per heavy atom. The van der Waals surface area contributed by atoms with E-state index in [0.29, 0.717) is 36.7 Å². The second-order valence-electron chi connectivity index (χ2n) is 9.79. The lowest BCUT2D eigenvalue weighted by atomic mass is 10.0. The Morgan fingerprint density at radius 2 is 1.66 bits per heavy atom. The third-order valence-electron chi connectivity index (χ3n) is 6.90. The molecule has 3 aliphatic heterocycles. The molecule has 3 aliphatic rings. The summed E-state index contributed by atoms with van der Waals surface area (Å²) >= 11 is 5.61. The van der Waals surface area contributed by atoms with Crippen molar-refractivity contribution in [1.82, 2.24) is 15.3 Å². The average Bonchev–Trinajstić information content (AvgIpc) is 3.17. The lowest BCUT2D eigenvalue weighted by Crippen LogP contribution is -2.36. The van der Waals surface area contributed by atoms with Crippen LogP contribution in [0.25, 0.3) is 0 Å². The first-order chi connectivity index (χ1) is 17.1. The Hall–Kier alpha value is -2.81. The van der Waals surface area contributed by atoms with Gasteiger partial charge in [0.1, 0.15) is 24.8 Å². The SMILES string of the molecule is C[C@H]1CCCN(c2cc(N3CCCCCC3)nc(NC(=S)NCc3ccc4c(c3)OCCO4)n2)C1. The number of hydrogen-bond donors (Lipinski definition) is 2. The Labute approximate surface area is 213 Å². The molecule has 1 aromatic carbocycles. The molecule has 35 heavy (non-hydrogen) atoms. The number of piperidine rings is 1. The first-order valence-electron chi connectivity index (χ1n) is 13.0. The van der Waals surface area contributed by atoms with Crippen LogP contribution in [0.5, 0.6) is 11.5 Å². The molecular formula is C26H36N6O2S. The quantitative estimate of drug-likeness (QED) is 0.588. The molecule has 5 rings (SSSR count). The van der Waals surface area contributed by atoms with Crippen molar-refractivity contribution in [2.75, 3.05) is 54.5 Å². The Balaban J connectivity index is 1.29. The Morgan fingerprint density at radius 1 is 0.943 bits per heavy atom. The fourth-order valence-corrected chi connectivity index (χ4v) is 5.19. The van der Waals surface area contributed by atoms with Crippen LogP contribution in [0.4, 0.5) is 17.6 Å². The Kier molecular flexibility index (Phi) is 7.71. The molecule has 2 fully saturated rings. The molecule has 0 saturated carbocycles. The third kappa shape index (κ3) is 6.25. The molecule has 0 radical (unpaired) electrons. The molecule has 0 amide bonds. The van der Waals surface area contributed by atoms with Gasteiger partial charge in [-0.3, -0.25) is 0 Å². The molecule has 188 valence electrons. The molecule has 2 aromatic rings. The van der Waals surface area contributed by atoms with Gasteiger partial charge in [0.05, 0.1) is 0 Å². The molecule has 8 nitrogen and oxygen atoms in total. The zero-order chi connectivity index (χ0) is 24.0. The van der Waals surface area contributed by atoms with E-state index in [-0.39, 0.29) is 0 Å². The van der Waals surface area contributed by atoms with Crippen molar-refractivity contribution < 1.29 is 9.47 Å². The largest absolute Gasteiger partial charge is 0.486 e. The normalized spacial score (nSPS) is 20.2. The molecule has 1 aromatic heterocycles. The molecule has 1 atom stereocenters. The van der Waals surface area contributed by atoms with Crippen LogP contribution >= 0.6 is 12.2 Å². The van der Waals surface area contributed by atoms with E-state index in [1.165, 1.54) is 38.5 Å². The van der Waals surface area contributed by atoms with Crippen LogP contribution in [0.15, 0.2) is 24.3 Å². The lowest BCUT2D eigenvalue weighted by molar-refractivity contribution is 0.171. The van der Waals surface area contributed by atoms with Gasteiger partial charge in [-0.1, -0.05) is 25.8 Å². The number of aromatic nitrogens is 2. The average molecular weight is 497 g/mol. The van der Waals surface area contributed by atoms with Crippen LogP contribution in [0, 0.1) is 5.92 Å². The predicted molar refractivity (Wildman–Crippen MR) is 144 cm³/mol. The van der Waals surface area contributed by atoms with Crippen LogP contribution in [-0.4, -0.2) is 54.5 Å². The summed E-state index contributed by atoms with van der Waals surface area (Å²) in [7, 11) is 0. The number of thiocarbonyl (C=S) groups is 1. The van der Waals surface area contributed by atoms with Crippen molar-refractivity contribution in [1.29, 1.82) is 0 Å². The molecule has 0 spiro atoms. The van der Waals surface area contributed by atoms with Crippen molar-refractivity contribution in [3.05, 3.63) is 29.8 Å².